The van der Waals surface area contributed by atoms with Gasteiger partial charge in [0.05, 0.1) is 6.04 Å². The fourth-order valence-electron chi connectivity index (χ4n) is 2.62. The minimum Gasteiger partial charge on any atom is -0.444 e. The molecule has 1 atom stereocenters. The molecule has 0 aliphatic heterocycles. The maximum absolute atomic E-state index is 12.0. The molecular weight excluding hydrogens is 372 g/mol. The molecule has 0 aromatic heterocycles. The Labute approximate surface area is 176 Å². The molecule has 0 bridgehead atoms. The van der Waals surface area contributed by atoms with Crippen LogP contribution in [0.5, 0.6) is 0 Å². The lowest BCUT2D eigenvalue weighted by atomic mass is 10.1. The highest BCUT2D eigenvalue weighted by molar-refractivity contribution is 5.81. The molecule has 0 aliphatic rings. The van der Waals surface area contributed by atoms with Crippen molar-refractivity contribution in [1.82, 2.24) is 16.0 Å². The van der Waals surface area contributed by atoms with Gasteiger partial charge in [-0.3, -0.25) is 9.59 Å². The first-order valence-electron chi connectivity index (χ1n) is 10.9. The van der Waals surface area contributed by atoms with Gasteiger partial charge in [-0.15, -0.1) is 0 Å². The molecule has 8 nitrogen and oxygen atoms in total. The number of carbonyl (C=O) groups is 3. The van der Waals surface area contributed by atoms with Crippen LogP contribution in [0.1, 0.15) is 85.5 Å². The van der Waals surface area contributed by atoms with Crippen molar-refractivity contribution in [3.8, 4) is 0 Å². The third kappa shape index (κ3) is 18.0. The van der Waals surface area contributed by atoms with E-state index in [4.69, 9.17) is 10.5 Å². The molecule has 8 heteroatoms. The smallest absolute Gasteiger partial charge is 0.407 e. The Balaban J connectivity index is 3.65. The number of rotatable bonds is 15. The van der Waals surface area contributed by atoms with Crippen LogP contribution in [-0.4, -0.2) is 49.2 Å². The summed E-state index contributed by atoms with van der Waals surface area (Å²) in [5, 5.41) is 8.22. The molecule has 0 saturated heterocycles. The topological polar surface area (TPSA) is 123 Å². The summed E-state index contributed by atoms with van der Waals surface area (Å²) >= 11 is 0. The molecule has 0 spiro atoms. The third-order valence-electron chi connectivity index (χ3n) is 4.20. The predicted octanol–water partition coefficient (Wildman–Crippen LogP) is 2.60. The summed E-state index contributed by atoms with van der Waals surface area (Å²) in [5.74, 6) is -0.198. The number of carbonyl (C=O) groups excluding carboxylic acids is 3. The Morgan fingerprint density at radius 2 is 1.52 bits per heavy atom. The minimum absolute atomic E-state index is 0.0255. The van der Waals surface area contributed by atoms with E-state index in [1.807, 2.05) is 20.8 Å². The Hall–Kier alpha value is -1.83. The van der Waals surface area contributed by atoms with Crippen LogP contribution in [0.2, 0.25) is 0 Å². The van der Waals surface area contributed by atoms with E-state index in [1.54, 1.807) is 0 Å². The number of ether oxygens (including phenoxy) is 1. The highest BCUT2D eigenvalue weighted by atomic mass is 16.6. The van der Waals surface area contributed by atoms with Crippen LogP contribution >= 0.6 is 0 Å². The van der Waals surface area contributed by atoms with E-state index < -0.39 is 17.7 Å². The molecule has 0 fully saturated rings. The second-order valence-electron chi connectivity index (χ2n) is 8.34. The zero-order valence-corrected chi connectivity index (χ0v) is 18.8. The molecule has 5 N–H and O–H groups in total. The lowest BCUT2D eigenvalue weighted by molar-refractivity contribution is -0.123. The summed E-state index contributed by atoms with van der Waals surface area (Å²) < 4.78 is 5.14. The molecule has 0 radical (unpaired) electrons. The Morgan fingerprint density at radius 1 is 0.862 bits per heavy atom. The average Bonchev–Trinajstić information content (AvgIpc) is 2.63. The first kappa shape index (κ1) is 27.2. The molecule has 0 aliphatic carbocycles. The number of unbranched alkanes of at least 4 members (excludes halogenated alkanes) is 5. The van der Waals surface area contributed by atoms with Crippen LogP contribution in [0.25, 0.3) is 0 Å². The summed E-state index contributed by atoms with van der Waals surface area (Å²) in [6.07, 6.45) is 7.64. The number of nitrogens with one attached hydrogen (secondary N) is 3. The van der Waals surface area contributed by atoms with Gasteiger partial charge < -0.3 is 26.4 Å². The fourth-order valence-corrected chi connectivity index (χ4v) is 2.62. The standard InChI is InChI=1S/C21H42N4O4/c1-5-6-7-8-9-13-18(26)23-15-16-24-19(27)17(22)12-10-11-14-25-20(28)29-21(2,3)4/h17H,5-16,22H2,1-4H3,(H,23,26)(H,24,27)(H,25,28)/t17-/m0/s1. The molecule has 0 aromatic carbocycles. The number of alkyl carbamates (subject to hydrolysis) is 1. The lowest BCUT2D eigenvalue weighted by Crippen LogP contribution is -2.43. The predicted molar refractivity (Wildman–Crippen MR) is 115 cm³/mol. The number of hydrogen-bond acceptors (Lipinski definition) is 5. The third-order valence-corrected chi connectivity index (χ3v) is 4.20. The van der Waals surface area contributed by atoms with Crippen molar-refractivity contribution in [3.05, 3.63) is 0 Å². The minimum atomic E-state index is -0.592. The zero-order valence-electron chi connectivity index (χ0n) is 18.8. The maximum Gasteiger partial charge on any atom is 0.407 e. The van der Waals surface area contributed by atoms with Crippen LogP contribution in [0.15, 0.2) is 0 Å². The van der Waals surface area contributed by atoms with Crippen molar-refractivity contribution in [2.75, 3.05) is 19.6 Å². The molecule has 0 saturated carbocycles. The van der Waals surface area contributed by atoms with Crippen molar-refractivity contribution < 1.29 is 19.1 Å². The van der Waals surface area contributed by atoms with Gasteiger partial charge in [0, 0.05) is 26.1 Å². The van der Waals surface area contributed by atoms with Gasteiger partial charge in [0.15, 0.2) is 0 Å². The summed E-state index contributed by atoms with van der Waals surface area (Å²) in [5.41, 5.74) is 5.36. The van der Waals surface area contributed by atoms with Crippen LogP contribution in [-0.2, 0) is 14.3 Å². The summed E-state index contributed by atoms with van der Waals surface area (Å²) in [6, 6.07) is -0.592. The summed E-state index contributed by atoms with van der Waals surface area (Å²) in [7, 11) is 0. The van der Waals surface area contributed by atoms with E-state index >= 15 is 0 Å². The summed E-state index contributed by atoms with van der Waals surface area (Å²) in [4.78, 5) is 35.2. The molecular formula is C21H42N4O4. The number of nitrogens with two attached hydrogens (primary N) is 1. The van der Waals surface area contributed by atoms with Gasteiger partial charge in [0.2, 0.25) is 11.8 Å². The first-order valence-corrected chi connectivity index (χ1v) is 10.9. The van der Waals surface area contributed by atoms with Crippen molar-refractivity contribution in [2.24, 2.45) is 5.73 Å². The monoisotopic (exact) mass is 414 g/mol. The lowest BCUT2D eigenvalue weighted by Gasteiger charge is -2.19. The van der Waals surface area contributed by atoms with Gasteiger partial charge in [-0.25, -0.2) is 4.79 Å². The second kappa shape index (κ2) is 16.0. The first-order chi connectivity index (χ1) is 13.7. The Morgan fingerprint density at radius 3 is 2.17 bits per heavy atom. The summed E-state index contributed by atoms with van der Waals surface area (Å²) in [6.45, 7) is 8.85. The van der Waals surface area contributed by atoms with Crippen molar-refractivity contribution in [3.63, 3.8) is 0 Å². The molecule has 0 rings (SSSR count). The highest BCUT2D eigenvalue weighted by Crippen LogP contribution is 2.07. The molecule has 170 valence electrons. The van der Waals surface area contributed by atoms with E-state index in [0.29, 0.717) is 38.9 Å². The number of hydrogen-bond donors (Lipinski definition) is 4. The van der Waals surface area contributed by atoms with Gasteiger partial charge in [-0.2, -0.15) is 0 Å². The molecule has 0 heterocycles. The Kier molecular flexibility index (Phi) is 15.0. The van der Waals surface area contributed by atoms with Gasteiger partial charge in [0.1, 0.15) is 5.60 Å². The quantitative estimate of drug-likeness (QED) is 0.307. The van der Waals surface area contributed by atoms with Crippen molar-refractivity contribution >= 4 is 17.9 Å². The van der Waals surface area contributed by atoms with Gasteiger partial charge >= 0.3 is 6.09 Å². The van der Waals surface area contributed by atoms with E-state index in [-0.39, 0.29) is 11.8 Å². The van der Waals surface area contributed by atoms with E-state index in [2.05, 4.69) is 22.9 Å². The Bertz CT molecular complexity index is 478. The van der Waals surface area contributed by atoms with Crippen LogP contribution < -0.4 is 21.7 Å². The van der Waals surface area contributed by atoms with E-state index in [9.17, 15) is 14.4 Å². The highest BCUT2D eigenvalue weighted by Gasteiger charge is 2.16. The van der Waals surface area contributed by atoms with Gasteiger partial charge in [-0.05, 0) is 46.5 Å². The van der Waals surface area contributed by atoms with Gasteiger partial charge in [-0.1, -0.05) is 32.6 Å². The number of amides is 3. The second-order valence-corrected chi connectivity index (χ2v) is 8.34. The normalized spacial score (nSPS) is 12.2. The average molecular weight is 415 g/mol. The van der Waals surface area contributed by atoms with Gasteiger partial charge in [0.25, 0.3) is 0 Å². The molecule has 0 unspecified atom stereocenters. The largest absolute Gasteiger partial charge is 0.444 e. The molecule has 3 amide bonds. The zero-order chi connectivity index (χ0) is 22.1. The van der Waals surface area contributed by atoms with E-state index in [1.165, 1.54) is 19.3 Å². The molecule has 29 heavy (non-hydrogen) atoms. The maximum atomic E-state index is 12.0. The SMILES string of the molecule is CCCCCCCC(=O)NCCNC(=O)[C@@H](N)CCCCNC(=O)OC(C)(C)C. The van der Waals surface area contributed by atoms with Crippen LogP contribution in [0.3, 0.4) is 0 Å². The van der Waals surface area contributed by atoms with Crippen molar-refractivity contribution in [1.29, 1.82) is 0 Å². The van der Waals surface area contributed by atoms with Crippen molar-refractivity contribution in [2.45, 2.75) is 97.1 Å². The van der Waals surface area contributed by atoms with Crippen LogP contribution in [0.4, 0.5) is 4.79 Å². The molecule has 0 aromatic rings. The fraction of sp³-hybridized carbons (Fsp3) is 0.857. The van der Waals surface area contributed by atoms with Crippen LogP contribution in [0, 0.1) is 0 Å². The van der Waals surface area contributed by atoms with E-state index in [0.717, 1.165) is 19.3 Å².